The van der Waals surface area contributed by atoms with Gasteiger partial charge in [0.25, 0.3) is 5.91 Å². The first-order chi connectivity index (χ1) is 10.4. The topological polar surface area (TPSA) is 55.6 Å². The molecule has 1 amide bonds. The van der Waals surface area contributed by atoms with Crippen molar-refractivity contribution in [3.05, 3.63) is 29.3 Å². The molecule has 2 rings (SSSR count). The molecular weight excluding hydrogens is 276 g/mol. The molecule has 1 aromatic carbocycles. The highest BCUT2D eigenvalue weighted by Crippen LogP contribution is 2.24. The molecule has 0 aromatic heterocycles. The summed E-state index contributed by atoms with van der Waals surface area (Å²) in [5, 5.41) is 0. The van der Waals surface area contributed by atoms with Crippen molar-refractivity contribution in [3.8, 4) is 5.75 Å². The molecule has 1 aliphatic rings. The smallest absolute Gasteiger partial charge is 0.263 e. The number of carbonyl (C=O) groups is 1. The molecule has 1 aliphatic heterocycles. The molecule has 0 bridgehead atoms. The highest BCUT2D eigenvalue weighted by Gasteiger charge is 2.29. The fourth-order valence-corrected chi connectivity index (χ4v) is 3.11. The average molecular weight is 304 g/mol. The second-order valence-corrected chi connectivity index (χ2v) is 6.61. The summed E-state index contributed by atoms with van der Waals surface area (Å²) in [6.07, 6.45) is 0.540. The second kappa shape index (κ2) is 7.14. The van der Waals surface area contributed by atoms with Gasteiger partial charge in [0.1, 0.15) is 5.75 Å². The number of hydrogen-bond acceptors (Lipinski definition) is 3. The van der Waals surface area contributed by atoms with Crippen LogP contribution in [0.15, 0.2) is 18.2 Å². The summed E-state index contributed by atoms with van der Waals surface area (Å²) in [5.74, 6) is 1.74. The average Bonchev–Trinajstić information content (AvgIpc) is 2.95. The molecule has 0 radical (unpaired) electrons. The van der Waals surface area contributed by atoms with E-state index in [-0.39, 0.29) is 5.91 Å². The van der Waals surface area contributed by atoms with E-state index in [0.717, 1.165) is 25.3 Å². The van der Waals surface area contributed by atoms with E-state index in [2.05, 4.69) is 26.8 Å². The lowest BCUT2D eigenvalue weighted by molar-refractivity contribution is -0.136. The van der Waals surface area contributed by atoms with Crippen LogP contribution in [0, 0.1) is 12.8 Å². The first-order valence-electron chi connectivity index (χ1n) is 8.18. The van der Waals surface area contributed by atoms with Gasteiger partial charge in [0, 0.05) is 13.1 Å². The van der Waals surface area contributed by atoms with E-state index >= 15 is 0 Å². The van der Waals surface area contributed by atoms with Crippen LogP contribution in [-0.2, 0) is 4.79 Å². The lowest BCUT2D eigenvalue weighted by atomic mass is 9.98. The molecule has 4 nitrogen and oxygen atoms in total. The Bertz CT molecular complexity index is 528. The van der Waals surface area contributed by atoms with Crippen molar-refractivity contribution in [2.24, 2.45) is 11.7 Å². The Kier molecular flexibility index (Phi) is 5.46. The van der Waals surface area contributed by atoms with Crippen LogP contribution in [0.5, 0.6) is 5.75 Å². The van der Waals surface area contributed by atoms with Crippen LogP contribution in [-0.4, -0.2) is 36.5 Å². The van der Waals surface area contributed by atoms with E-state index in [9.17, 15) is 4.79 Å². The second-order valence-electron chi connectivity index (χ2n) is 6.61. The first-order valence-corrected chi connectivity index (χ1v) is 8.18. The van der Waals surface area contributed by atoms with Gasteiger partial charge in [-0.1, -0.05) is 19.9 Å². The third-order valence-corrected chi connectivity index (χ3v) is 4.45. The lowest BCUT2D eigenvalue weighted by Crippen LogP contribution is -2.39. The normalized spacial score (nSPS) is 19.5. The van der Waals surface area contributed by atoms with Gasteiger partial charge < -0.3 is 15.4 Å². The molecule has 122 valence electrons. The molecule has 22 heavy (non-hydrogen) atoms. The highest BCUT2D eigenvalue weighted by molar-refractivity contribution is 5.81. The summed E-state index contributed by atoms with van der Waals surface area (Å²) in [6.45, 7) is 10.5. The monoisotopic (exact) mass is 304 g/mol. The van der Waals surface area contributed by atoms with Crippen molar-refractivity contribution in [2.75, 3.05) is 19.6 Å². The van der Waals surface area contributed by atoms with Crippen molar-refractivity contribution < 1.29 is 9.53 Å². The van der Waals surface area contributed by atoms with Gasteiger partial charge in [-0.05, 0) is 61.9 Å². The van der Waals surface area contributed by atoms with Gasteiger partial charge >= 0.3 is 0 Å². The Morgan fingerprint density at radius 2 is 2.14 bits per heavy atom. The predicted molar refractivity (Wildman–Crippen MR) is 89.1 cm³/mol. The largest absolute Gasteiger partial charge is 0.481 e. The summed E-state index contributed by atoms with van der Waals surface area (Å²) < 4.78 is 5.85. The zero-order valence-electron chi connectivity index (χ0n) is 14.1. The van der Waals surface area contributed by atoms with Crippen molar-refractivity contribution in [1.82, 2.24) is 4.90 Å². The SMILES string of the molecule is Cc1cc(O[C@@H](C)C(=O)N2CC[C@@H](CN)C2)ccc1C(C)C. The minimum Gasteiger partial charge on any atom is -0.481 e. The summed E-state index contributed by atoms with van der Waals surface area (Å²) in [5.41, 5.74) is 8.20. The first kappa shape index (κ1) is 16.8. The summed E-state index contributed by atoms with van der Waals surface area (Å²) in [6, 6.07) is 6.07. The minimum atomic E-state index is -0.458. The van der Waals surface area contributed by atoms with E-state index in [0.29, 0.717) is 18.4 Å². The lowest BCUT2D eigenvalue weighted by Gasteiger charge is -2.22. The third-order valence-electron chi connectivity index (χ3n) is 4.45. The quantitative estimate of drug-likeness (QED) is 0.910. The zero-order valence-corrected chi connectivity index (χ0v) is 14.1. The van der Waals surface area contributed by atoms with E-state index in [4.69, 9.17) is 10.5 Å². The Hall–Kier alpha value is -1.55. The van der Waals surface area contributed by atoms with Gasteiger partial charge in [-0.3, -0.25) is 4.79 Å². The number of carbonyl (C=O) groups excluding carboxylic acids is 1. The van der Waals surface area contributed by atoms with E-state index in [1.165, 1.54) is 11.1 Å². The summed E-state index contributed by atoms with van der Waals surface area (Å²) >= 11 is 0. The van der Waals surface area contributed by atoms with Gasteiger partial charge in [0.05, 0.1) is 0 Å². The molecule has 1 fully saturated rings. The van der Waals surface area contributed by atoms with Gasteiger partial charge in [-0.25, -0.2) is 0 Å². The van der Waals surface area contributed by atoms with Crippen molar-refractivity contribution >= 4 is 5.91 Å². The number of nitrogens with two attached hydrogens (primary N) is 1. The van der Waals surface area contributed by atoms with Crippen molar-refractivity contribution in [1.29, 1.82) is 0 Å². The Morgan fingerprint density at radius 1 is 1.41 bits per heavy atom. The number of aryl methyl sites for hydroxylation is 1. The number of likely N-dealkylation sites (tertiary alicyclic amines) is 1. The number of nitrogens with zero attached hydrogens (tertiary/aromatic N) is 1. The summed E-state index contributed by atoms with van der Waals surface area (Å²) in [4.78, 5) is 14.3. The van der Waals surface area contributed by atoms with Crippen LogP contribution in [0.1, 0.15) is 44.2 Å². The van der Waals surface area contributed by atoms with Crippen LogP contribution < -0.4 is 10.5 Å². The molecule has 2 N–H and O–H groups in total. The van der Waals surface area contributed by atoms with Crippen LogP contribution in [0.25, 0.3) is 0 Å². The molecule has 2 atom stereocenters. The van der Waals surface area contributed by atoms with Crippen molar-refractivity contribution in [2.45, 2.75) is 46.1 Å². The Morgan fingerprint density at radius 3 is 2.68 bits per heavy atom. The van der Waals surface area contributed by atoms with Gasteiger partial charge in [0.2, 0.25) is 0 Å². The van der Waals surface area contributed by atoms with Crippen molar-refractivity contribution in [3.63, 3.8) is 0 Å². The number of rotatable bonds is 5. The predicted octanol–water partition coefficient (Wildman–Crippen LogP) is 2.69. The highest BCUT2D eigenvalue weighted by atomic mass is 16.5. The maximum absolute atomic E-state index is 12.4. The zero-order chi connectivity index (χ0) is 16.3. The van der Waals surface area contributed by atoms with Gasteiger partial charge in [0.15, 0.2) is 6.10 Å². The third kappa shape index (κ3) is 3.80. The fourth-order valence-electron chi connectivity index (χ4n) is 3.11. The molecule has 4 heteroatoms. The number of amides is 1. The van der Waals surface area contributed by atoms with Gasteiger partial charge in [-0.15, -0.1) is 0 Å². The Balaban J connectivity index is 1.98. The van der Waals surface area contributed by atoms with Gasteiger partial charge in [-0.2, -0.15) is 0 Å². The molecular formula is C18H28N2O2. The van der Waals surface area contributed by atoms with Crippen LogP contribution >= 0.6 is 0 Å². The van der Waals surface area contributed by atoms with E-state index in [1.54, 1.807) is 0 Å². The molecule has 1 aromatic rings. The van der Waals surface area contributed by atoms with Crippen LogP contribution in [0.3, 0.4) is 0 Å². The molecule has 0 unspecified atom stereocenters. The molecule has 1 saturated heterocycles. The van der Waals surface area contributed by atoms with Crippen LogP contribution in [0.2, 0.25) is 0 Å². The molecule has 0 spiro atoms. The van der Waals surface area contributed by atoms with E-state index in [1.807, 2.05) is 24.0 Å². The standard InChI is InChI=1S/C18H28N2O2/c1-12(2)17-6-5-16(9-13(17)3)22-14(4)18(21)20-8-7-15(10-19)11-20/h5-6,9,12,14-15H,7-8,10-11,19H2,1-4H3/t14-,15-/m0/s1. The molecule has 0 saturated carbocycles. The number of ether oxygens (including phenoxy) is 1. The Labute approximate surface area is 133 Å². The maximum Gasteiger partial charge on any atom is 0.263 e. The fraction of sp³-hybridized carbons (Fsp3) is 0.611. The molecule has 1 heterocycles. The van der Waals surface area contributed by atoms with Crippen LogP contribution in [0.4, 0.5) is 0 Å². The van der Waals surface area contributed by atoms with E-state index < -0.39 is 6.10 Å². The molecule has 0 aliphatic carbocycles. The minimum absolute atomic E-state index is 0.0570. The maximum atomic E-state index is 12.4. The number of benzene rings is 1. The summed E-state index contributed by atoms with van der Waals surface area (Å²) in [7, 11) is 0. The number of hydrogen-bond donors (Lipinski definition) is 1.